The molecular weight excluding hydrogens is 400 g/mol. The number of nitrogens with zero attached hydrogens (tertiary/aromatic N) is 4. The van der Waals surface area contributed by atoms with Crippen molar-refractivity contribution < 1.29 is 4.74 Å². The highest BCUT2D eigenvalue weighted by Gasteiger charge is 2.22. The number of aromatic nitrogens is 2. The maximum Gasteiger partial charge on any atom is 0.186 e. The molecule has 3 heterocycles. The molecule has 0 saturated carbocycles. The molecule has 0 bridgehead atoms. The number of piperazine rings is 1. The fourth-order valence-electron chi connectivity index (χ4n) is 3.28. The van der Waals surface area contributed by atoms with Gasteiger partial charge in [0.05, 0.1) is 27.0 Å². The van der Waals surface area contributed by atoms with Crippen LogP contribution in [0.1, 0.15) is 0 Å². The summed E-state index contributed by atoms with van der Waals surface area (Å²) in [4.78, 5) is 14.3. The van der Waals surface area contributed by atoms with E-state index >= 15 is 0 Å². The van der Waals surface area contributed by atoms with Crippen molar-refractivity contribution in [1.29, 1.82) is 0 Å². The van der Waals surface area contributed by atoms with Crippen LogP contribution < -0.4 is 14.5 Å². The minimum atomic E-state index is 0.721. The second-order valence-corrected chi connectivity index (χ2v) is 8.81. The molecule has 1 saturated heterocycles. The van der Waals surface area contributed by atoms with Gasteiger partial charge in [-0.3, -0.25) is 0 Å². The predicted octanol–water partition coefficient (Wildman–Crippen LogP) is 4.89. The molecule has 138 valence electrons. The quantitative estimate of drug-likeness (QED) is 0.475. The molecule has 0 unspecified atom stereocenters. The summed E-state index contributed by atoms with van der Waals surface area (Å²) >= 11 is 9.72. The molecule has 2 aromatic heterocycles. The Balaban J connectivity index is 1.34. The van der Waals surface area contributed by atoms with Gasteiger partial charge in [-0.15, -0.1) is 0 Å². The monoisotopic (exact) mass is 416 g/mol. The maximum atomic E-state index is 6.27. The number of thiazole rings is 2. The molecule has 0 amide bonds. The van der Waals surface area contributed by atoms with Gasteiger partial charge >= 0.3 is 0 Å². The van der Waals surface area contributed by atoms with E-state index in [0.29, 0.717) is 0 Å². The average Bonchev–Trinajstić information content (AvgIpc) is 3.32. The molecular formula is C19H17ClN4OS2. The van der Waals surface area contributed by atoms with Crippen LogP contribution in [0.4, 0.5) is 10.3 Å². The zero-order chi connectivity index (χ0) is 18.4. The summed E-state index contributed by atoms with van der Waals surface area (Å²) in [6.07, 6.45) is 0. The van der Waals surface area contributed by atoms with Gasteiger partial charge in [-0.2, -0.15) is 0 Å². The zero-order valence-electron chi connectivity index (χ0n) is 14.7. The number of anilines is 2. The Bertz CT molecular complexity index is 1120. The van der Waals surface area contributed by atoms with E-state index in [-0.39, 0.29) is 0 Å². The number of hydrogen-bond donors (Lipinski definition) is 0. The lowest BCUT2D eigenvalue weighted by molar-refractivity contribution is 0.415. The minimum absolute atomic E-state index is 0.721. The molecule has 0 spiro atoms. The van der Waals surface area contributed by atoms with Gasteiger partial charge in [-0.1, -0.05) is 40.3 Å². The van der Waals surface area contributed by atoms with Crippen LogP contribution in [0.2, 0.25) is 5.02 Å². The molecule has 4 aromatic rings. The highest BCUT2D eigenvalue weighted by Crippen LogP contribution is 2.35. The van der Waals surface area contributed by atoms with Gasteiger partial charge in [0.25, 0.3) is 0 Å². The topological polar surface area (TPSA) is 41.5 Å². The third kappa shape index (κ3) is 3.09. The molecule has 0 atom stereocenters. The third-order valence-electron chi connectivity index (χ3n) is 4.76. The number of halogens is 1. The standard InChI is InChI=1S/C19H17ClN4OS2/c1-25-12-5-6-15-14(11-12)21-18(26-15)23-7-9-24(10-8-23)19-22-17-13(20)3-2-4-16(17)27-19/h2-6,11H,7-10H2,1H3. The SMILES string of the molecule is COc1ccc2sc(N3CCN(c4nc5c(Cl)cccc5s4)CC3)nc2c1. The smallest absolute Gasteiger partial charge is 0.186 e. The number of ether oxygens (including phenoxy) is 1. The highest BCUT2D eigenvalue weighted by molar-refractivity contribution is 7.22. The predicted molar refractivity (Wildman–Crippen MR) is 115 cm³/mol. The lowest BCUT2D eigenvalue weighted by Crippen LogP contribution is -2.46. The first-order chi connectivity index (χ1) is 13.2. The van der Waals surface area contributed by atoms with E-state index in [1.165, 1.54) is 4.70 Å². The molecule has 1 aliphatic rings. The Morgan fingerprint density at radius 2 is 1.63 bits per heavy atom. The number of hydrogen-bond acceptors (Lipinski definition) is 7. The van der Waals surface area contributed by atoms with Crippen molar-refractivity contribution >= 4 is 65.0 Å². The molecule has 2 aromatic carbocycles. The van der Waals surface area contributed by atoms with Crippen LogP contribution in [0.3, 0.4) is 0 Å². The fraction of sp³-hybridized carbons (Fsp3) is 0.263. The lowest BCUT2D eigenvalue weighted by atomic mass is 10.3. The van der Waals surface area contributed by atoms with Crippen molar-refractivity contribution in [2.45, 2.75) is 0 Å². The summed E-state index contributed by atoms with van der Waals surface area (Å²) in [5.41, 5.74) is 1.90. The number of benzene rings is 2. The van der Waals surface area contributed by atoms with Crippen molar-refractivity contribution in [2.24, 2.45) is 0 Å². The second-order valence-electron chi connectivity index (χ2n) is 6.39. The van der Waals surface area contributed by atoms with Crippen molar-refractivity contribution in [3.8, 4) is 5.75 Å². The van der Waals surface area contributed by atoms with E-state index in [2.05, 4.69) is 21.9 Å². The Morgan fingerprint density at radius 3 is 2.33 bits per heavy atom. The van der Waals surface area contributed by atoms with Gasteiger partial charge < -0.3 is 14.5 Å². The minimum Gasteiger partial charge on any atom is -0.497 e. The van der Waals surface area contributed by atoms with Gasteiger partial charge in [-0.05, 0) is 24.3 Å². The van der Waals surface area contributed by atoms with Crippen molar-refractivity contribution in [2.75, 3.05) is 43.1 Å². The summed E-state index contributed by atoms with van der Waals surface area (Å²) in [6.45, 7) is 3.72. The van der Waals surface area contributed by atoms with Crippen molar-refractivity contribution in [3.63, 3.8) is 0 Å². The van der Waals surface area contributed by atoms with Crippen LogP contribution in [0.5, 0.6) is 5.75 Å². The lowest BCUT2D eigenvalue weighted by Gasteiger charge is -2.34. The van der Waals surface area contributed by atoms with Crippen LogP contribution in [-0.2, 0) is 0 Å². The average molecular weight is 417 g/mol. The van der Waals surface area contributed by atoms with Crippen molar-refractivity contribution in [1.82, 2.24) is 9.97 Å². The summed E-state index contributed by atoms with van der Waals surface area (Å²) in [5.74, 6) is 0.846. The van der Waals surface area contributed by atoms with Gasteiger partial charge in [0.1, 0.15) is 11.3 Å². The van der Waals surface area contributed by atoms with E-state index < -0.39 is 0 Å². The summed E-state index contributed by atoms with van der Waals surface area (Å²) in [7, 11) is 1.68. The first kappa shape index (κ1) is 17.0. The fourth-order valence-corrected chi connectivity index (χ4v) is 5.60. The highest BCUT2D eigenvalue weighted by atomic mass is 35.5. The summed E-state index contributed by atoms with van der Waals surface area (Å²) in [5, 5.41) is 2.84. The second kappa shape index (κ2) is 6.82. The van der Waals surface area contributed by atoms with E-state index in [9.17, 15) is 0 Å². The molecule has 8 heteroatoms. The Hall–Kier alpha value is -2.09. The normalized spacial score (nSPS) is 15.0. The number of methoxy groups -OCH3 is 1. The van der Waals surface area contributed by atoms with Crippen LogP contribution in [0.15, 0.2) is 36.4 Å². The molecule has 0 radical (unpaired) electrons. The van der Waals surface area contributed by atoms with Crippen LogP contribution in [0, 0.1) is 0 Å². The van der Waals surface area contributed by atoms with E-state index in [0.717, 1.165) is 62.9 Å². The van der Waals surface area contributed by atoms with Gasteiger partial charge in [0.15, 0.2) is 10.3 Å². The Kier molecular flexibility index (Phi) is 4.30. The molecule has 5 rings (SSSR count). The van der Waals surface area contributed by atoms with Gasteiger partial charge in [-0.25, -0.2) is 9.97 Å². The number of rotatable bonds is 3. The molecule has 1 fully saturated rings. The Morgan fingerprint density at radius 1 is 0.926 bits per heavy atom. The molecule has 1 aliphatic heterocycles. The first-order valence-electron chi connectivity index (χ1n) is 8.71. The van der Waals surface area contributed by atoms with E-state index in [1.807, 2.05) is 24.3 Å². The maximum absolute atomic E-state index is 6.27. The van der Waals surface area contributed by atoms with Crippen LogP contribution in [-0.4, -0.2) is 43.3 Å². The zero-order valence-corrected chi connectivity index (χ0v) is 17.1. The summed E-state index contributed by atoms with van der Waals surface area (Å²) < 4.78 is 7.63. The summed E-state index contributed by atoms with van der Waals surface area (Å²) in [6, 6.07) is 12.0. The van der Waals surface area contributed by atoms with Gasteiger partial charge in [0, 0.05) is 32.2 Å². The molecule has 0 N–H and O–H groups in total. The molecule has 27 heavy (non-hydrogen) atoms. The van der Waals surface area contributed by atoms with Crippen LogP contribution >= 0.6 is 34.3 Å². The Labute approximate surface area is 169 Å². The molecule has 0 aliphatic carbocycles. The van der Waals surface area contributed by atoms with Crippen molar-refractivity contribution in [3.05, 3.63) is 41.4 Å². The number of fused-ring (bicyclic) bond motifs is 2. The van der Waals surface area contributed by atoms with Gasteiger partial charge in [0.2, 0.25) is 0 Å². The molecule has 5 nitrogen and oxygen atoms in total. The third-order valence-corrected chi connectivity index (χ3v) is 7.25. The number of para-hydroxylation sites is 1. The first-order valence-corrected chi connectivity index (χ1v) is 10.7. The van der Waals surface area contributed by atoms with E-state index in [1.54, 1.807) is 29.8 Å². The van der Waals surface area contributed by atoms with E-state index in [4.69, 9.17) is 26.3 Å². The largest absolute Gasteiger partial charge is 0.497 e. The van der Waals surface area contributed by atoms with Crippen LogP contribution in [0.25, 0.3) is 20.4 Å².